The lowest BCUT2D eigenvalue weighted by molar-refractivity contribution is -0.384. The van der Waals surface area contributed by atoms with Gasteiger partial charge < -0.3 is 14.8 Å². The lowest BCUT2D eigenvalue weighted by atomic mass is 9.95. The first kappa shape index (κ1) is 24.7. The van der Waals surface area contributed by atoms with Crippen LogP contribution >= 0.6 is 23.4 Å². The van der Waals surface area contributed by atoms with Crippen molar-refractivity contribution in [2.75, 3.05) is 25.6 Å². The Morgan fingerprint density at radius 3 is 2.66 bits per heavy atom. The molecule has 1 aliphatic heterocycles. The van der Waals surface area contributed by atoms with E-state index in [0.717, 1.165) is 5.56 Å². The number of aromatic nitrogens is 3. The van der Waals surface area contributed by atoms with Crippen LogP contribution in [0.1, 0.15) is 24.1 Å². The molecular formula is C23H22ClN5O5S. The highest BCUT2D eigenvalue weighted by atomic mass is 35.5. The van der Waals surface area contributed by atoms with Crippen LogP contribution in [0.15, 0.2) is 65.0 Å². The summed E-state index contributed by atoms with van der Waals surface area (Å²) in [5.74, 6) is 0.465. The molecule has 1 aromatic heterocycles. The number of benzene rings is 2. The number of nitro benzene ring substituents is 1. The van der Waals surface area contributed by atoms with Crippen molar-refractivity contribution in [2.24, 2.45) is 0 Å². The van der Waals surface area contributed by atoms with Gasteiger partial charge in [0, 0.05) is 35.7 Å². The minimum absolute atomic E-state index is 0.0533. The maximum Gasteiger partial charge on any atom is 0.338 e. The summed E-state index contributed by atoms with van der Waals surface area (Å²) in [4.78, 5) is 28.3. The van der Waals surface area contributed by atoms with Crippen molar-refractivity contribution in [3.8, 4) is 0 Å². The van der Waals surface area contributed by atoms with Crippen molar-refractivity contribution in [1.82, 2.24) is 14.8 Å². The molecule has 0 radical (unpaired) electrons. The third-order valence-electron chi connectivity index (χ3n) is 5.31. The number of fused-ring (bicyclic) bond motifs is 1. The molecule has 3 aromatic rings. The summed E-state index contributed by atoms with van der Waals surface area (Å²) in [5, 5.41) is 20.0. The molecule has 0 fully saturated rings. The molecule has 10 nitrogen and oxygen atoms in total. The molecule has 182 valence electrons. The lowest BCUT2D eigenvalue weighted by Gasteiger charge is -2.28. The molecule has 4 rings (SSSR count). The number of thioether (sulfide) groups is 1. The summed E-state index contributed by atoms with van der Waals surface area (Å²) in [6, 6.07) is 12.8. The zero-order valence-electron chi connectivity index (χ0n) is 18.9. The number of esters is 1. The molecule has 2 aromatic carbocycles. The normalized spacial score (nSPS) is 14.9. The molecule has 1 N–H and O–H groups in total. The summed E-state index contributed by atoms with van der Waals surface area (Å²) in [5.41, 5.74) is 2.41. The Labute approximate surface area is 210 Å². The molecule has 0 saturated carbocycles. The average molecular weight is 516 g/mol. The van der Waals surface area contributed by atoms with Crippen molar-refractivity contribution in [1.29, 1.82) is 0 Å². The first-order chi connectivity index (χ1) is 16.9. The molecule has 0 bridgehead atoms. The Morgan fingerprint density at radius 1 is 1.23 bits per heavy atom. The van der Waals surface area contributed by atoms with Crippen molar-refractivity contribution in [3.63, 3.8) is 0 Å². The number of non-ortho nitro benzene ring substituents is 1. The number of nitrogens with zero attached hydrogens (tertiary/aromatic N) is 4. The second kappa shape index (κ2) is 10.9. The highest BCUT2D eigenvalue weighted by Crippen LogP contribution is 2.37. The highest BCUT2D eigenvalue weighted by molar-refractivity contribution is 7.98. The molecule has 0 saturated heterocycles. The van der Waals surface area contributed by atoms with Gasteiger partial charge in [-0.2, -0.15) is 4.98 Å². The SMILES string of the molecule is COCCOC(=O)C1=C(C)Nc2nc(SCc3ccccc3Cl)nn2C1c1ccc([N+](=O)[O-])cc1. The maximum absolute atomic E-state index is 13.0. The summed E-state index contributed by atoms with van der Waals surface area (Å²) in [6.45, 7) is 2.09. The van der Waals surface area contributed by atoms with E-state index >= 15 is 0 Å². The van der Waals surface area contributed by atoms with E-state index in [9.17, 15) is 14.9 Å². The summed E-state index contributed by atoms with van der Waals surface area (Å²) >= 11 is 7.67. The van der Waals surface area contributed by atoms with E-state index in [1.54, 1.807) is 23.7 Å². The van der Waals surface area contributed by atoms with E-state index in [-0.39, 0.29) is 18.9 Å². The number of halogens is 1. The maximum atomic E-state index is 13.0. The van der Waals surface area contributed by atoms with Gasteiger partial charge in [-0.15, -0.1) is 5.10 Å². The predicted octanol–water partition coefficient (Wildman–Crippen LogP) is 4.61. The molecule has 0 aliphatic carbocycles. The first-order valence-electron chi connectivity index (χ1n) is 10.6. The van der Waals surface area contributed by atoms with E-state index in [1.807, 2.05) is 24.3 Å². The van der Waals surface area contributed by atoms with Gasteiger partial charge in [0.05, 0.1) is 17.1 Å². The summed E-state index contributed by atoms with van der Waals surface area (Å²) in [7, 11) is 1.52. The van der Waals surface area contributed by atoms with Gasteiger partial charge in [-0.1, -0.05) is 41.6 Å². The van der Waals surface area contributed by atoms with Crippen molar-refractivity contribution in [2.45, 2.75) is 23.9 Å². The van der Waals surface area contributed by atoms with E-state index in [1.165, 1.54) is 31.0 Å². The van der Waals surface area contributed by atoms with Gasteiger partial charge in [-0.05, 0) is 36.2 Å². The quantitative estimate of drug-likeness (QED) is 0.143. The van der Waals surface area contributed by atoms with Crippen LogP contribution in [0, 0.1) is 10.1 Å². The van der Waals surface area contributed by atoms with Gasteiger partial charge >= 0.3 is 5.97 Å². The lowest BCUT2D eigenvalue weighted by Crippen LogP contribution is -2.30. The number of carbonyl (C=O) groups is 1. The molecule has 1 aliphatic rings. The molecule has 1 unspecified atom stereocenters. The van der Waals surface area contributed by atoms with Crippen LogP contribution in [0.5, 0.6) is 0 Å². The van der Waals surface area contributed by atoms with E-state index in [2.05, 4.69) is 15.4 Å². The van der Waals surface area contributed by atoms with Crippen molar-refractivity contribution >= 4 is 41.0 Å². The van der Waals surface area contributed by atoms with Crippen LogP contribution < -0.4 is 5.32 Å². The average Bonchev–Trinajstić information content (AvgIpc) is 3.25. The zero-order valence-corrected chi connectivity index (χ0v) is 20.5. The number of anilines is 1. The second-order valence-corrected chi connectivity index (χ2v) is 8.94. The zero-order chi connectivity index (χ0) is 24.9. The number of carbonyl (C=O) groups excluding carboxylic acids is 1. The number of ether oxygens (including phenoxy) is 2. The van der Waals surface area contributed by atoms with Crippen LogP contribution in [0.25, 0.3) is 0 Å². The number of methoxy groups -OCH3 is 1. The Morgan fingerprint density at radius 2 is 1.97 bits per heavy atom. The minimum atomic E-state index is -0.690. The number of nitro groups is 1. The van der Waals surface area contributed by atoms with Crippen LogP contribution in [0.2, 0.25) is 5.02 Å². The number of allylic oxidation sites excluding steroid dienone is 1. The molecular weight excluding hydrogens is 494 g/mol. The van der Waals surface area contributed by atoms with Crippen LogP contribution in [0.3, 0.4) is 0 Å². The standard InChI is InChI=1S/C23H22ClN5O5S/c1-14-19(21(30)34-12-11-33-2)20(15-7-9-17(10-8-15)29(31)32)28-22(25-14)26-23(27-28)35-13-16-5-3-4-6-18(16)24/h3-10,20H,11-13H2,1-2H3,(H,25,26,27). The number of rotatable bonds is 9. The molecule has 1 atom stereocenters. The van der Waals surface area contributed by atoms with Gasteiger partial charge in [0.1, 0.15) is 12.6 Å². The van der Waals surface area contributed by atoms with Crippen LogP contribution in [-0.2, 0) is 20.0 Å². The third-order valence-corrected chi connectivity index (χ3v) is 6.56. The topological polar surface area (TPSA) is 121 Å². The summed E-state index contributed by atoms with van der Waals surface area (Å²) in [6.07, 6.45) is 0. The summed E-state index contributed by atoms with van der Waals surface area (Å²) < 4.78 is 12.0. The van der Waals surface area contributed by atoms with Crippen molar-refractivity contribution in [3.05, 3.63) is 86.1 Å². The smallest absolute Gasteiger partial charge is 0.338 e. The molecule has 0 spiro atoms. The van der Waals surface area contributed by atoms with E-state index in [0.29, 0.717) is 38.7 Å². The fraction of sp³-hybridized carbons (Fsp3) is 0.261. The molecule has 2 heterocycles. The third kappa shape index (κ3) is 5.47. The minimum Gasteiger partial charge on any atom is -0.460 e. The molecule has 35 heavy (non-hydrogen) atoms. The Kier molecular flexibility index (Phi) is 7.69. The van der Waals surface area contributed by atoms with Gasteiger partial charge in [0.25, 0.3) is 5.69 Å². The van der Waals surface area contributed by atoms with E-state index < -0.39 is 16.9 Å². The first-order valence-corrected chi connectivity index (χ1v) is 12.0. The van der Waals surface area contributed by atoms with E-state index in [4.69, 9.17) is 21.1 Å². The van der Waals surface area contributed by atoms with Crippen LogP contribution in [-0.4, -0.2) is 46.0 Å². The van der Waals surface area contributed by atoms with Gasteiger partial charge in [0.2, 0.25) is 11.1 Å². The Hall–Kier alpha value is -3.41. The fourth-order valence-corrected chi connectivity index (χ4v) is 4.71. The Bertz CT molecular complexity index is 1280. The highest BCUT2D eigenvalue weighted by Gasteiger charge is 2.35. The molecule has 12 heteroatoms. The number of nitrogens with one attached hydrogen (secondary N) is 1. The molecule has 0 amide bonds. The van der Waals surface area contributed by atoms with Crippen LogP contribution in [0.4, 0.5) is 11.6 Å². The second-order valence-electron chi connectivity index (χ2n) is 7.59. The number of hydrogen-bond donors (Lipinski definition) is 1. The Balaban J connectivity index is 1.68. The number of hydrogen-bond acceptors (Lipinski definition) is 9. The largest absolute Gasteiger partial charge is 0.460 e. The van der Waals surface area contributed by atoms with Gasteiger partial charge in [-0.25, -0.2) is 9.48 Å². The van der Waals surface area contributed by atoms with Gasteiger partial charge in [0.15, 0.2) is 0 Å². The fourth-order valence-electron chi connectivity index (χ4n) is 3.60. The predicted molar refractivity (Wildman–Crippen MR) is 131 cm³/mol. The van der Waals surface area contributed by atoms with Gasteiger partial charge in [-0.3, -0.25) is 10.1 Å². The monoisotopic (exact) mass is 515 g/mol. The van der Waals surface area contributed by atoms with Crippen molar-refractivity contribution < 1.29 is 19.2 Å².